The van der Waals surface area contributed by atoms with Crippen LogP contribution in [0.3, 0.4) is 0 Å². The molecular formula is C15H31N7. The van der Waals surface area contributed by atoms with Crippen LogP contribution in [-0.2, 0) is 13.6 Å². The van der Waals surface area contributed by atoms with Gasteiger partial charge in [-0.25, -0.2) is 4.98 Å². The minimum atomic E-state index is 0.619. The highest BCUT2D eigenvalue weighted by molar-refractivity contribution is 5.79. The van der Waals surface area contributed by atoms with Crippen molar-refractivity contribution in [2.75, 3.05) is 33.2 Å². The van der Waals surface area contributed by atoms with Crippen molar-refractivity contribution >= 4 is 5.96 Å². The van der Waals surface area contributed by atoms with Crippen LogP contribution in [0.4, 0.5) is 0 Å². The third-order valence-corrected chi connectivity index (χ3v) is 3.47. The van der Waals surface area contributed by atoms with Crippen LogP contribution in [0.25, 0.3) is 0 Å². The van der Waals surface area contributed by atoms with Crippen LogP contribution >= 0.6 is 0 Å². The fraction of sp³-hybridized carbons (Fsp3) is 0.800. The molecule has 7 heteroatoms. The number of hydrogen-bond donors (Lipinski definition) is 2. The van der Waals surface area contributed by atoms with E-state index in [0.29, 0.717) is 6.54 Å². The van der Waals surface area contributed by atoms with Crippen LogP contribution in [0, 0.1) is 0 Å². The van der Waals surface area contributed by atoms with Crippen LogP contribution in [0.15, 0.2) is 11.3 Å². The molecule has 0 fully saturated rings. The van der Waals surface area contributed by atoms with E-state index in [1.54, 1.807) is 18.1 Å². The van der Waals surface area contributed by atoms with E-state index < -0.39 is 0 Å². The molecule has 0 aliphatic carbocycles. The predicted molar refractivity (Wildman–Crippen MR) is 90.8 cm³/mol. The van der Waals surface area contributed by atoms with E-state index in [9.17, 15) is 0 Å². The molecule has 0 spiro atoms. The Hall–Kier alpha value is -1.63. The molecule has 0 saturated carbocycles. The van der Waals surface area contributed by atoms with E-state index in [4.69, 9.17) is 0 Å². The summed E-state index contributed by atoms with van der Waals surface area (Å²) in [6, 6.07) is 0. The average molecular weight is 309 g/mol. The average Bonchev–Trinajstić information content (AvgIpc) is 2.92. The van der Waals surface area contributed by atoms with E-state index >= 15 is 0 Å². The van der Waals surface area contributed by atoms with Crippen LogP contribution in [0.1, 0.15) is 38.9 Å². The smallest absolute Gasteiger partial charge is 0.191 e. The lowest BCUT2D eigenvalue weighted by Gasteiger charge is -2.21. The topological polar surface area (TPSA) is 70.4 Å². The van der Waals surface area contributed by atoms with Crippen molar-refractivity contribution in [3.8, 4) is 0 Å². The Balaban J connectivity index is 2.22. The van der Waals surface area contributed by atoms with Gasteiger partial charge in [-0.15, -0.1) is 0 Å². The summed E-state index contributed by atoms with van der Waals surface area (Å²) >= 11 is 0. The third kappa shape index (κ3) is 6.89. The van der Waals surface area contributed by atoms with Gasteiger partial charge in [0.25, 0.3) is 0 Å². The lowest BCUT2D eigenvalue weighted by atomic mass is 10.3. The highest BCUT2D eigenvalue weighted by Crippen LogP contribution is 1.95. The van der Waals surface area contributed by atoms with Gasteiger partial charge in [0.05, 0.1) is 6.54 Å². The zero-order chi connectivity index (χ0) is 16.2. The zero-order valence-electron chi connectivity index (χ0n) is 14.5. The number of nitrogens with zero attached hydrogens (tertiary/aromatic N) is 5. The van der Waals surface area contributed by atoms with Crippen molar-refractivity contribution in [2.24, 2.45) is 12.0 Å². The second-order valence-electron chi connectivity index (χ2n) is 5.35. The Kier molecular flexibility index (Phi) is 9.21. The zero-order valence-corrected chi connectivity index (χ0v) is 14.5. The molecule has 0 radical (unpaired) electrons. The summed E-state index contributed by atoms with van der Waals surface area (Å²) in [6.45, 7) is 9.52. The minimum absolute atomic E-state index is 0.619. The van der Waals surface area contributed by atoms with Gasteiger partial charge in [0.2, 0.25) is 0 Å². The molecule has 0 bridgehead atoms. The summed E-state index contributed by atoms with van der Waals surface area (Å²) in [6.07, 6.45) is 5.11. The highest BCUT2D eigenvalue weighted by atomic mass is 15.3. The quantitative estimate of drug-likeness (QED) is 0.383. The first-order valence-electron chi connectivity index (χ1n) is 8.21. The van der Waals surface area contributed by atoms with E-state index in [1.807, 2.05) is 7.05 Å². The van der Waals surface area contributed by atoms with Crippen LogP contribution in [0.5, 0.6) is 0 Å². The maximum atomic E-state index is 4.23. The van der Waals surface area contributed by atoms with Gasteiger partial charge < -0.3 is 15.5 Å². The van der Waals surface area contributed by atoms with Gasteiger partial charge in [-0.1, -0.05) is 13.8 Å². The van der Waals surface area contributed by atoms with Crippen molar-refractivity contribution in [1.82, 2.24) is 30.3 Å². The molecular weight excluding hydrogens is 278 g/mol. The molecule has 1 heterocycles. The lowest BCUT2D eigenvalue weighted by molar-refractivity contribution is 0.271. The van der Waals surface area contributed by atoms with Gasteiger partial charge in [-0.05, 0) is 38.9 Å². The molecule has 0 aromatic carbocycles. The number of rotatable bonds is 10. The standard InChI is InChI=1S/C15H31N7/c1-5-9-22(10-6-2)11-7-8-17-15(16-3)18-12-14-19-13-20-21(14)4/h13H,5-12H2,1-4H3,(H2,16,17,18). The Bertz CT molecular complexity index is 421. The Morgan fingerprint density at radius 3 is 2.50 bits per heavy atom. The van der Waals surface area contributed by atoms with Crippen molar-refractivity contribution in [3.05, 3.63) is 12.2 Å². The Labute approximate surface area is 134 Å². The molecule has 126 valence electrons. The number of hydrogen-bond acceptors (Lipinski definition) is 4. The van der Waals surface area contributed by atoms with Crippen molar-refractivity contribution in [1.29, 1.82) is 0 Å². The molecule has 22 heavy (non-hydrogen) atoms. The number of aromatic nitrogens is 3. The summed E-state index contributed by atoms with van der Waals surface area (Å²) in [7, 11) is 3.67. The van der Waals surface area contributed by atoms with E-state index in [1.165, 1.54) is 25.9 Å². The Morgan fingerprint density at radius 2 is 1.95 bits per heavy atom. The van der Waals surface area contributed by atoms with Crippen molar-refractivity contribution < 1.29 is 0 Å². The maximum absolute atomic E-state index is 4.23. The molecule has 1 aromatic heterocycles. The van der Waals surface area contributed by atoms with E-state index in [0.717, 1.165) is 31.3 Å². The van der Waals surface area contributed by atoms with E-state index in [-0.39, 0.29) is 0 Å². The van der Waals surface area contributed by atoms with Crippen LogP contribution in [0.2, 0.25) is 0 Å². The van der Waals surface area contributed by atoms with E-state index in [2.05, 4.69) is 44.5 Å². The van der Waals surface area contributed by atoms with Gasteiger partial charge in [0, 0.05) is 20.6 Å². The SMILES string of the molecule is CCCN(CCC)CCCNC(=NC)NCc1ncnn1C. The molecule has 0 aliphatic rings. The van der Waals surface area contributed by atoms with Crippen molar-refractivity contribution in [3.63, 3.8) is 0 Å². The third-order valence-electron chi connectivity index (χ3n) is 3.47. The second-order valence-corrected chi connectivity index (χ2v) is 5.35. The van der Waals surface area contributed by atoms with Gasteiger partial charge >= 0.3 is 0 Å². The summed E-state index contributed by atoms with van der Waals surface area (Å²) in [5.74, 6) is 1.69. The lowest BCUT2D eigenvalue weighted by Crippen LogP contribution is -2.39. The highest BCUT2D eigenvalue weighted by Gasteiger charge is 2.04. The molecule has 0 saturated heterocycles. The second kappa shape index (κ2) is 11.0. The molecule has 0 aliphatic heterocycles. The number of aryl methyl sites for hydroxylation is 1. The minimum Gasteiger partial charge on any atom is -0.356 e. The first-order chi connectivity index (χ1) is 10.7. The number of nitrogens with one attached hydrogen (secondary N) is 2. The fourth-order valence-electron chi connectivity index (χ4n) is 2.34. The van der Waals surface area contributed by atoms with Gasteiger partial charge in [0.1, 0.15) is 12.2 Å². The molecule has 2 N–H and O–H groups in total. The molecule has 0 amide bonds. The van der Waals surface area contributed by atoms with Gasteiger partial charge in [-0.2, -0.15) is 5.10 Å². The predicted octanol–water partition coefficient (Wildman–Crippen LogP) is 0.992. The summed E-state index contributed by atoms with van der Waals surface area (Å²) in [5.41, 5.74) is 0. The largest absolute Gasteiger partial charge is 0.356 e. The van der Waals surface area contributed by atoms with Crippen LogP contribution in [-0.4, -0.2) is 58.9 Å². The monoisotopic (exact) mass is 309 g/mol. The number of guanidine groups is 1. The fourth-order valence-corrected chi connectivity index (χ4v) is 2.34. The normalized spacial score (nSPS) is 12.0. The summed E-state index contributed by atoms with van der Waals surface area (Å²) in [4.78, 5) is 10.9. The van der Waals surface area contributed by atoms with Crippen molar-refractivity contribution in [2.45, 2.75) is 39.7 Å². The first-order valence-corrected chi connectivity index (χ1v) is 8.21. The molecule has 1 rings (SSSR count). The summed E-state index contributed by atoms with van der Waals surface area (Å²) in [5, 5.41) is 10.6. The molecule has 1 aromatic rings. The number of aliphatic imine (C=N–C) groups is 1. The Morgan fingerprint density at radius 1 is 1.23 bits per heavy atom. The van der Waals surface area contributed by atoms with Crippen LogP contribution < -0.4 is 10.6 Å². The molecule has 7 nitrogen and oxygen atoms in total. The molecule has 0 unspecified atom stereocenters. The summed E-state index contributed by atoms with van der Waals surface area (Å²) < 4.78 is 1.76. The molecule has 0 atom stereocenters. The van der Waals surface area contributed by atoms with Gasteiger partial charge in [-0.3, -0.25) is 9.67 Å². The first kappa shape index (κ1) is 18.4. The van der Waals surface area contributed by atoms with Gasteiger partial charge in [0.15, 0.2) is 5.96 Å². The maximum Gasteiger partial charge on any atom is 0.191 e.